The van der Waals surface area contributed by atoms with E-state index >= 15 is 0 Å². The van der Waals surface area contributed by atoms with Gasteiger partial charge in [0.2, 0.25) is 5.91 Å². The van der Waals surface area contributed by atoms with Crippen LogP contribution in [0.5, 0.6) is 11.5 Å². The molecule has 0 radical (unpaired) electrons. The zero-order valence-corrected chi connectivity index (χ0v) is 15.7. The molecule has 0 spiro atoms. The number of aryl methyl sites for hydroxylation is 1. The van der Waals surface area contributed by atoms with Gasteiger partial charge in [-0.05, 0) is 31.2 Å². The number of benzene rings is 2. The van der Waals surface area contributed by atoms with Gasteiger partial charge in [-0.3, -0.25) is 4.79 Å². The van der Waals surface area contributed by atoms with Crippen molar-refractivity contribution in [1.82, 2.24) is 14.8 Å². The van der Waals surface area contributed by atoms with E-state index in [0.717, 1.165) is 16.8 Å². The van der Waals surface area contributed by atoms with Crippen LogP contribution in [0.1, 0.15) is 22.7 Å². The number of para-hydroxylation sites is 2. The third kappa shape index (κ3) is 3.04. The molecule has 0 aliphatic carbocycles. The smallest absolute Gasteiger partial charge is 0.237 e. The van der Waals surface area contributed by atoms with Crippen LogP contribution in [-0.2, 0) is 4.79 Å². The van der Waals surface area contributed by atoms with E-state index < -0.39 is 5.92 Å². The first-order chi connectivity index (χ1) is 14.2. The molecule has 142 valence electrons. The summed E-state index contributed by atoms with van der Waals surface area (Å²) in [5.41, 5.74) is 2.47. The lowest BCUT2D eigenvalue weighted by Crippen LogP contribution is -2.26. The molecule has 6 heteroatoms. The molecule has 1 aliphatic rings. The number of pyridine rings is 1. The molecular weight excluding hydrogens is 364 g/mol. The van der Waals surface area contributed by atoms with Gasteiger partial charge in [-0.2, -0.15) is 9.78 Å². The van der Waals surface area contributed by atoms with Crippen molar-refractivity contribution in [2.24, 2.45) is 0 Å². The second kappa shape index (κ2) is 6.91. The lowest BCUT2D eigenvalue weighted by Gasteiger charge is -2.27. The molecule has 6 nitrogen and oxygen atoms in total. The van der Waals surface area contributed by atoms with Gasteiger partial charge in [0.1, 0.15) is 17.3 Å². The first-order valence-corrected chi connectivity index (χ1v) is 9.35. The Morgan fingerprint density at radius 1 is 0.966 bits per heavy atom. The Hall–Kier alpha value is -3.93. The van der Waals surface area contributed by atoms with Crippen LogP contribution < -0.4 is 10.1 Å². The molecule has 2 aromatic heterocycles. The van der Waals surface area contributed by atoms with Crippen molar-refractivity contribution < 1.29 is 9.53 Å². The highest BCUT2D eigenvalue weighted by Crippen LogP contribution is 2.44. The molecule has 0 fully saturated rings. The van der Waals surface area contributed by atoms with Crippen LogP contribution in [0.3, 0.4) is 0 Å². The predicted octanol–water partition coefficient (Wildman–Crippen LogP) is 4.45. The minimum absolute atomic E-state index is 0.148. The quantitative estimate of drug-likeness (QED) is 0.568. The molecule has 1 aliphatic heterocycles. The van der Waals surface area contributed by atoms with Crippen molar-refractivity contribution in [1.29, 1.82) is 0 Å². The Bertz CT molecular complexity index is 1150. The van der Waals surface area contributed by atoms with E-state index in [2.05, 4.69) is 15.4 Å². The Morgan fingerprint density at radius 3 is 2.28 bits per heavy atom. The highest BCUT2D eigenvalue weighted by atomic mass is 16.5. The number of hydrogen-bond acceptors (Lipinski definition) is 4. The van der Waals surface area contributed by atoms with Crippen LogP contribution >= 0.6 is 0 Å². The summed E-state index contributed by atoms with van der Waals surface area (Å²) in [5.74, 6) is 1.98. The van der Waals surface area contributed by atoms with Gasteiger partial charge >= 0.3 is 0 Å². The molecule has 0 atom stereocenters. The summed E-state index contributed by atoms with van der Waals surface area (Å²) in [7, 11) is 0. The summed E-state index contributed by atoms with van der Waals surface area (Å²) in [6, 6.07) is 22.7. The number of rotatable bonds is 3. The van der Waals surface area contributed by atoms with Crippen molar-refractivity contribution in [3.8, 4) is 17.3 Å². The zero-order chi connectivity index (χ0) is 19.8. The van der Waals surface area contributed by atoms with Gasteiger partial charge in [0.05, 0.1) is 11.6 Å². The van der Waals surface area contributed by atoms with E-state index in [1.54, 1.807) is 10.9 Å². The van der Waals surface area contributed by atoms with Crippen molar-refractivity contribution in [2.75, 3.05) is 5.32 Å². The number of hydrogen-bond donors (Lipinski definition) is 1. The van der Waals surface area contributed by atoms with Crippen molar-refractivity contribution in [3.63, 3.8) is 0 Å². The van der Waals surface area contributed by atoms with Crippen LogP contribution in [0.4, 0.5) is 5.82 Å². The number of nitrogens with one attached hydrogen (secondary N) is 1. The van der Waals surface area contributed by atoms with Crippen LogP contribution in [0.2, 0.25) is 0 Å². The Kier molecular flexibility index (Phi) is 4.09. The normalized spacial score (nSPS) is 12.6. The summed E-state index contributed by atoms with van der Waals surface area (Å²) >= 11 is 0. The number of fused-ring (bicyclic) bond motifs is 2. The zero-order valence-electron chi connectivity index (χ0n) is 15.7. The van der Waals surface area contributed by atoms with Gasteiger partial charge < -0.3 is 10.1 Å². The highest BCUT2D eigenvalue weighted by molar-refractivity contribution is 5.99. The lowest BCUT2D eigenvalue weighted by molar-refractivity contribution is -0.116. The van der Waals surface area contributed by atoms with E-state index in [0.29, 0.717) is 23.1 Å². The van der Waals surface area contributed by atoms with E-state index in [9.17, 15) is 4.79 Å². The predicted molar refractivity (Wildman–Crippen MR) is 110 cm³/mol. The fourth-order valence-corrected chi connectivity index (χ4v) is 3.63. The number of anilines is 1. The number of aromatic nitrogens is 3. The number of amides is 1. The van der Waals surface area contributed by atoms with Crippen molar-refractivity contribution in [2.45, 2.75) is 12.8 Å². The largest absolute Gasteiger partial charge is 0.457 e. The summed E-state index contributed by atoms with van der Waals surface area (Å²) in [6.45, 7) is 1.88. The molecule has 0 bridgehead atoms. The number of carbonyl (C=O) groups excluding carboxylic acids is 1. The third-order valence-electron chi connectivity index (χ3n) is 4.89. The molecule has 0 unspecified atom stereocenters. The van der Waals surface area contributed by atoms with E-state index in [4.69, 9.17) is 4.74 Å². The van der Waals surface area contributed by atoms with Gasteiger partial charge in [-0.1, -0.05) is 42.5 Å². The fraction of sp³-hybridized carbons (Fsp3) is 0.0870. The molecule has 0 saturated carbocycles. The molecule has 1 amide bonds. The molecule has 3 heterocycles. The Labute approximate surface area is 167 Å². The van der Waals surface area contributed by atoms with Crippen LogP contribution in [-0.4, -0.2) is 20.7 Å². The maximum Gasteiger partial charge on any atom is 0.237 e. The topological polar surface area (TPSA) is 69.0 Å². The number of ether oxygens (including phenoxy) is 1. The highest BCUT2D eigenvalue weighted by Gasteiger charge is 2.33. The van der Waals surface area contributed by atoms with Gasteiger partial charge in [-0.15, -0.1) is 0 Å². The van der Waals surface area contributed by atoms with Gasteiger partial charge in [0.25, 0.3) is 0 Å². The lowest BCUT2D eigenvalue weighted by atomic mass is 9.87. The fourth-order valence-electron chi connectivity index (χ4n) is 3.63. The standard InChI is InChI=1S/C23H18N4O2/c1-15-14-21(27(26-15)20-12-6-7-13-24-20)25-23(28)22-16-8-2-4-10-18(16)29-19-11-5-3-9-17(19)22/h2-14,22H,1H3,(H,25,28). The first-order valence-electron chi connectivity index (χ1n) is 9.35. The summed E-state index contributed by atoms with van der Waals surface area (Å²) < 4.78 is 7.64. The third-order valence-corrected chi connectivity index (χ3v) is 4.89. The van der Waals surface area contributed by atoms with Crippen LogP contribution in [0.25, 0.3) is 5.82 Å². The Morgan fingerprint density at radius 2 is 1.62 bits per heavy atom. The average Bonchev–Trinajstić information content (AvgIpc) is 3.12. The van der Waals surface area contributed by atoms with Crippen LogP contribution in [0.15, 0.2) is 79.0 Å². The number of carbonyl (C=O) groups is 1. The second-order valence-corrected chi connectivity index (χ2v) is 6.87. The summed E-state index contributed by atoms with van der Waals surface area (Å²) in [4.78, 5) is 17.8. The average molecular weight is 382 g/mol. The molecule has 29 heavy (non-hydrogen) atoms. The van der Waals surface area contributed by atoms with Gasteiger partial charge in [-0.25, -0.2) is 4.98 Å². The molecule has 2 aromatic carbocycles. The maximum absolute atomic E-state index is 13.5. The van der Waals surface area contributed by atoms with Crippen molar-refractivity contribution in [3.05, 3.63) is 95.8 Å². The molecule has 5 rings (SSSR count). The van der Waals surface area contributed by atoms with Gasteiger partial charge in [0.15, 0.2) is 5.82 Å². The number of nitrogens with zero attached hydrogens (tertiary/aromatic N) is 3. The second-order valence-electron chi connectivity index (χ2n) is 6.87. The Balaban J connectivity index is 1.55. The monoisotopic (exact) mass is 382 g/mol. The van der Waals surface area contributed by atoms with E-state index in [1.807, 2.05) is 79.7 Å². The minimum atomic E-state index is -0.483. The molecule has 0 saturated heterocycles. The van der Waals surface area contributed by atoms with Crippen LogP contribution in [0, 0.1) is 6.92 Å². The maximum atomic E-state index is 13.5. The molecule has 4 aromatic rings. The SMILES string of the molecule is Cc1cc(NC(=O)C2c3ccccc3Oc3ccccc32)n(-c2ccccn2)n1. The van der Waals surface area contributed by atoms with Gasteiger partial charge in [0, 0.05) is 23.4 Å². The van der Waals surface area contributed by atoms with E-state index in [1.165, 1.54) is 0 Å². The summed E-state index contributed by atoms with van der Waals surface area (Å²) in [5, 5.41) is 7.53. The van der Waals surface area contributed by atoms with Crippen molar-refractivity contribution >= 4 is 11.7 Å². The molecular formula is C23H18N4O2. The first kappa shape index (κ1) is 17.2. The molecule has 1 N–H and O–H groups in total. The minimum Gasteiger partial charge on any atom is -0.457 e. The van der Waals surface area contributed by atoms with E-state index in [-0.39, 0.29) is 5.91 Å². The summed E-state index contributed by atoms with van der Waals surface area (Å²) in [6.07, 6.45) is 1.70.